The van der Waals surface area contributed by atoms with Crippen LogP contribution in [0.25, 0.3) is 0 Å². The minimum absolute atomic E-state index is 0.295. The average Bonchev–Trinajstić information content (AvgIpc) is 2.50. The number of esters is 1. The van der Waals surface area contributed by atoms with Gasteiger partial charge < -0.3 is 9.84 Å². The Labute approximate surface area is 118 Å². The van der Waals surface area contributed by atoms with E-state index in [0.717, 1.165) is 5.56 Å². The zero-order valence-corrected chi connectivity index (χ0v) is 11.4. The SMILES string of the molecule is CCOC(=O)[C@@H](c1ccccc1)C(O)c1ccccc1. The van der Waals surface area contributed by atoms with Crippen molar-refractivity contribution in [2.75, 3.05) is 6.61 Å². The van der Waals surface area contributed by atoms with Gasteiger partial charge in [0.25, 0.3) is 0 Å². The van der Waals surface area contributed by atoms with E-state index < -0.39 is 18.0 Å². The lowest BCUT2D eigenvalue weighted by molar-refractivity contribution is -0.148. The third kappa shape index (κ3) is 3.25. The summed E-state index contributed by atoms with van der Waals surface area (Å²) in [6.07, 6.45) is -0.919. The zero-order chi connectivity index (χ0) is 14.4. The Hall–Kier alpha value is -2.13. The number of aliphatic hydroxyl groups excluding tert-OH is 1. The maximum atomic E-state index is 12.2. The lowest BCUT2D eigenvalue weighted by atomic mass is 9.89. The first kappa shape index (κ1) is 14.3. The highest BCUT2D eigenvalue weighted by molar-refractivity contribution is 5.79. The van der Waals surface area contributed by atoms with Gasteiger partial charge in [0.05, 0.1) is 12.7 Å². The molecule has 0 fully saturated rings. The Balaban J connectivity index is 2.34. The minimum atomic E-state index is -0.919. The number of hydrogen-bond acceptors (Lipinski definition) is 3. The summed E-state index contributed by atoms with van der Waals surface area (Å²) in [5.41, 5.74) is 1.46. The van der Waals surface area contributed by atoms with Crippen LogP contribution in [0.2, 0.25) is 0 Å². The molecule has 0 aliphatic carbocycles. The lowest BCUT2D eigenvalue weighted by Gasteiger charge is -2.22. The van der Waals surface area contributed by atoms with Crippen LogP contribution in [0.4, 0.5) is 0 Å². The number of aliphatic hydroxyl groups is 1. The third-order valence-electron chi connectivity index (χ3n) is 3.16. The highest BCUT2D eigenvalue weighted by Crippen LogP contribution is 2.31. The molecule has 0 amide bonds. The van der Waals surface area contributed by atoms with Crippen LogP contribution in [-0.2, 0) is 9.53 Å². The first-order chi connectivity index (χ1) is 9.74. The van der Waals surface area contributed by atoms with Crippen molar-refractivity contribution in [3.05, 3.63) is 71.8 Å². The van der Waals surface area contributed by atoms with Crippen LogP contribution < -0.4 is 0 Å². The van der Waals surface area contributed by atoms with Crippen molar-refractivity contribution in [2.45, 2.75) is 18.9 Å². The molecular weight excluding hydrogens is 252 g/mol. The van der Waals surface area contributed by atoms with Crippen molar-refractivity contribution in [1.29, 1.82) is 0 Å². The van der Waals surface area contributed by atoms with Gasteiger partial charge in [0.15, 0.2) is 0 Å². The molecule has 0 saturated carbocycles. The van der Waals surface area contributed by atoms with Gasteiger partial charge in [-0.3, -0.25) is 4.79 Å². The summed E-state index contributed by atoms with van der Waals surface area (Å²) >= 11 is 0. The van der Waals surface area contributed by atoms with Gasteiger partial charge in [-0.2, -0.15) is 0 Å². The number of carbonyl (C=O) groups excluding carboxylic acids is 1. The van der Waals surface area contributed by atoms with Crippen LogP contribution in [0.1, 0.15) is 30.1 Å². The molecule has 3 nitrogen and oxygen atoms in total. The van der Waals surface area contributed by atoms with E-state index in [1.165, 1.54) is 0 Å². The first-order valence-electron chi connectivity index (χ1n) is 6.68. The fourth-order valence-electron chi connectivity index (χ4n) is 2.18. The predicted octanol–water partition coefficient (Wildman–Crippen LogP) is 3.07. The van der Waals surface area contributed by atoms with E-state index in [4.69, 9.17) is 4.74 Å². The second-order valence-electron chi connectivity index (χ2n) is 4.50. The molecule has 0 spiro atoms. The maximum Gasteiger partial charge on any atom is 0.316 e. The van der Waals surface area contributed by atoms with E-state index in [-0.39, 0.29) is 0 Å². The van der Waals surface area contributed by atoms with Crippen LogP contribution in [0.5, 0.6) is 0 Å². The molecule has 0 heterocycles. The van der Waals surface area contributed by atoms with Gasteiger partial charge in [0, 0.05) is 0 Å². The minimum Gasteiger partial charge on any atom is -0.465 e. The first-order valence-corrected chi connectivity index (χ1v) is 6.68. The Bertz CT molecular complexity index is 537. The molecule has 2 atom stereocenters. The van der Waals surface area contributed by atoms with Gasteiger partial charge in [-0.05, 0) is 18.1 Å². The van der Waals surface area contributed by atoms with Crippen molar-refractivity contribution in [3.63, 3.8) is 0 Å². The Morgan fingerprint density at radius 3 is 2.00 bits per heavy atom. The van der Waals surface area contributed by atoms with Crippen molar-refractivity contribution in [2.24, 2.45) is 0 Å². The molecule has 0 saturated heterocycles. The number of benzene rings is 2. The predicted molar refractivity (Wildman–Crippen MR) is 77.2 cm³/mol. The molecule has 1 N–H and O–H groups in total. The lowest BCUT2D eigenvalue weighted by Crippen LogP contribution is -2.22. The van der Waals surface area contributed by atoms with Crippen LogP contribution >= 0.6 is 0 Å². The van der Waals surface area contributed by atoms with Crippen molar-refractivity contribution < 1.29 is 14.6 Å². The second kappa shape index (κ2) is 6.87. The summed E-state index contributed by atoms with van der Waals surface area (Å²) < 4.78 is 5.10. The molecule has 0 bridgehead atoms. The Morgan fingerprint density at radius 2 is 1.50 bits per heavy atom. The highest BCUT2D eigenvalue weighted by Gasteiger charge is 2.30. The maximum absolute atomic E-state index is 12.2. The molecule has 104 valence electrons. The van der Waals surface area contributed by atoms with Crippen LogP contribution in [0.15, 0.2) is 60.7 Å². The van der Waals surface area contributed by atoms with Crippen molar-refractivity contribution >= 4 is 5.97 Å². The normalized spacial score (nSPS) is 13.5. The van der Waals surface area contributed by atoms with Gasteiger partial charge in [0.2, 0.25) is 0 Å². The molecule has 3 heteroatoms. The van der Waals surface area contributed by atoms with Crippen LogP contribution in [0, 0.1) is 0 Å². The van der Waals surface area contributed by atoms with Gasteiger partial charge in [-0.1, -0.05) is 60.7 Å². The molecule has 0 aromatic heterocycles. The standard InChI is InChI=1S/C17H18O3/c1-2-20-17(19)15(13-9-5-3-6-10-13)16(18)14-11-7-4-8-12-14/h3-12,15-16,18H,2H2,1H3/t15-,16?/m0/s1. The van der Waals surface area contributed by atoms with Crippen molar-refractivity contribution in [3.8, 4) is 0 Å². The number of rotatable bonds is 5. The van der Waals surface area contributed by atoms with Crippen molar-refractivity contribution in [1.82, 2.24) is 0 Å². The second-order valence-corrected chi connectivity index (χ2v) is 4.50. The largest absolute Gasteiger partial charge is 0.465 e. The third-order valence-corrected chi connectivity index (χ3v) is 3.16. The smallest absolute Gasteiger partial charge is 0.316 e. The Kier molecular flexibility index (Phi) is 4.91. The highest BCUT2D eigenvalue weighted by atomic mass is 16.5. The molecular formula is C17H18O3. The number of hydrogen-bond donors (Lipinski definition) is 1. The molecule has 1 unspecified atom stereocenters. The summed E-state index contributed by atoms with van der Waals surface area (Å²) in [6, 6.07) is 18.4. The Morgan fingerprint density at radius 1 is 1.00 bits per heavy atom. The summed E-state index contributed by atoms with van der Waals surface area (Å²) in [6.45, 7) is 2.05. The van der Waals surface area contributed by atoms with Gasteiger partial charge in [-0.15, -0.1) is 0 Å². The van der Waals surface area contributed by atoms with E-state index >= 15 is 0 Å². The number of carbonyl (C=O) groups is 1. The molecule has 0 radical (unpaired) electrons. The quantitative estimate of drug-likeness (QED) is 0.849. The summed E-state index contributed by atoms with van der Waals surface area (Å²) in [5, 5.41) is 10.5. The molecule has 0 aliphatic rings. The molecule has 0 aliphatic heterocycles. The van der Waals surface area contributed by atoms with Crippen LogP contribution in [-0.4, -0.2) is 17.7 Å². The van der Waals surface area contributed by atoms with E-state index in [1.807, 2.05) is 48.5 Å². The van der Waals surface area contributed by atoms with E-state index in [1.54, 1.807) is 19.1 Å². The molecule has 2 aromatic carbocycles. The summed E-state index contributed by atoms with van der Waals surface area (Å²) in [4.78, 5) is 12.2. The van der Waals surface area contributed by atoms with Gasteiger partial charge in [-0.25, -0.2) is 0 Å². The monoisotopic (exact) mass is 270 g/mol. The molecule has 2 rings (SSSR count). The average molecular weight is 270 g/mol. The molecule has 2 aromatic rings. The van der Waals surface area contributed by atoms with E-state index in [2.05, 4.69) is 0 Å². The molecule has 20 heavy (non-hydrogen) atoms. The zero-order valence-electron chi connectivity index (χ0n) is 11.4. The van der Waals surface area contributed by atoms with Gasteiger partial charge in [0.1, 0.15) is 5.92 Å². The number of ether oxygens (including phenoxy) is 1. The van der Waals surface area contributed by atoms with Gasteiger partial charge >= 0.3 is 5.97 Å². The summed E-state index contributed by atoms with van der Waals surface area (Å²) in [5.74, 6) is -1.12. The van der Waals surface area contributed by atoms with E-state index in [0.29, 0.717) is 12.2 Å². The topological polar surface area (TPSA) is 46.5 Å². The van der Waals surface area contributed by atoms with Crippen LogP contribution in [0.3, 0.4) is 0 Å². The van der Waals surface area contributed by atoms with E-state index in [9.17, 15) is 9.90 Å². The fourth-order valence-corrected chi connectivity index (χ4v) is 2.18. The fraction of sp³-hybridized carbons (Fsp3) is 0.235. The summed E-state index contributed by atoms with van der Waals surface area (Å²) in [7, 11) is 0.